The number of ether oxygens (including phenoxy) is 2. The summed E-state index contributed by atoms with van der Waals surface area (Å²) in [6.45, 7) is 2.06. The average Bonchev–Trinajstić information content (AvgIpc) is 3.08. The lowest BCUT2D eigenvalue weighted by Gasteiger charge is -2.31. The summed E-state index contributed by atoms with van der Waals surface area (Å²) in [6.07, 6.45) is 5.76. The van der Waals surface area contributed by atoms with Gasteiger partial charge in [0.05, 0.1) is 38.4 Å². The molecule has 1 unspecified atom stereocenters. The van der Waals surface area contributed by atoms with Crippen LogP contribution in [0.25, 0.3) is 10.8 Å². The normalized spacial score (nSPS) is 17.0. The van der Waals surface area contributed by atoms with Gasteiger partial charge in [0, 0.05) is 25.9 Å². The molecule has 238 valence electrons. The van der Waals surface area contributed by atoms with Crippen molar-refractivity contribution in [3.63, 3.8) is 0 Å². The fourth-order valence-electron chi connectivity index (χ4n) is 6.39. The summed E-state index contributed by atoms with van der Waals surface area (Å²) in [7, 11) is 0. The Kier molecular flexibility index (Phi) is 11.9. The number of carbonyl (C=O) groups is 4. The number of rotatable bonds is 14. The van der Waals surface area contributed by atoms with E-state index in [2.05, 4.69) is 5.32 Å². The molecule has 3 aromatic carbocycles. The van der Waals surface area contributed by atoms with E-state index in [0.29, 0.717) is 38.6 Å². The highest BCUT2D eigenvalue weighted by Crippen LogP contribution is 2.28. The Morgan fingerprint density at radius 1 is 0.844 bits per heavy atom. The van der Waals surface area contributed by atoms with E-state index in [4.69, 9.17) is 9.47 Å². The fraction of sp³-hybridized carbons (Fsp3) is 0.459. The molecular weight excluding hydrogens is 568 g/mol. The molecule has 1 N–H and O–H groups in total. The summed E-state index contributed by atoms with van der Waals surface area (Å²) in [5.41, 5.74) is 1.68. The van der Waals surface area contributed by atoms with E-state index >= 15 is 0 Å². The lowest BCUT2D eigenvalue weighted by molar-refractivity contribution is -0.141. The molecule has 1 aliphatic carbocycles. The number of carbonyl (C=O) groups excluding carboxylic acids is 4. The molecule has 5 rings (SSSR count). The first-order valence-electron chi connectivity index (χ1n) is 16.3. The molecule has 3 aromatic rings. The topological polar surface area (TPSA) is 102 Å². The van der Waals surface area contributed by atoms with Crippen molar-refractivity contribution in [1.82, 2.24) is 10.2 Å². The minimum absolute atomic E-state index is 0.0493. The summed E-state index contributed by atoms with van der Waals surface area (Å²) >= 11 is 0. The van der Waals surface area contributed by atoms with E-state index in [1.54, 1.807) is 4.90 Å². The Morgan fingerprint density at radius 2 is 1.56 bits per heavy atom. The summed E-state index contributed by atoms with van der Waals surface area (Å²) in [4.78, 5) is 55.8. The molecule has 45 heavy (non-hydrogen) atoms. The largest absolute Gasteiger partial charge is 0.378 e. The van der Waals surface area contributed by atoms with E-state index in [1.807, 2.05) is 72.8 Å². The minimum Gasteiger partial charge on any atom is -0.378 e. The second kappa shape index (κ2) is 16.4. The van der Waals surface area contributed by atoms with E-state index < -0.39 is 23.5 Å². The summed E-state index contributed by atoms with van der Waals surface area (Å²) in [5, 5.41) is 5.04. The molecule has 0 aromatic heterocycles. The van der Waals surface area contributed by atoms with Gasteiger partial charge in [0.25, 0.3) is 0 Å². The van der Waals surface area contributed by atoms with E-state index in [9.17, 15) is 19.2 Å². The average molecular weight is 613 g/mol. The molecule has 1 saturated heterocycles. The number of amides is 2. The third-order valence-corrected chi connectivity index (χ3v) is 8.98. The molecule has 2 aliphatic rings. The van der Waals surface area contributed by atoms with Crippen LogP contribution in [0, 0.1) is 11.8 Å². The first kappa shape index (κ1) is 32.5. The van der Waals surface area contributed by atoms with Gasteiger partial charge in [0.2, 0.25) is 11.6 Å². The quantitative estimate of drug-likeness (QED) is 0.235. The highest BCUT2D eigenvalue weighted by molar-refractivity contribution is 6.38. The molecule has 2 fully saturated rings. The van der Waals surface area contributed by atoms with Gasteiger partial charge >= 0.3 is 6.03 Å². The van der Waals surface area contributed by atoms with Crippen molar-refractivity contribution in [2.24, 2.45) is 11.8 Å². The highest BCUT2D eigenvalue weighted by Gasteiger charge is 2.33. The SMILES string of the molecule is O=C(Cc1ccc2ccccc2c1)C(=O)C(COCc1ccccc1)CC(=O)[C@H](CC1CCCCC1)NC(=O)N1CCOCC1. The predicted octanol–water partition coefficient (Wildman–Crippen LogP) is 5.69. The monoisotopic (exact) mass is 612 g/mol. The van der Waals surface area contributed by atoms with Crippen LogP contribution >= 0.6 is 0 Å². The van der Waals surface area contributed by atoms with E-state index in [-0.39, 0.29) is 37.9 Å². The van der Waals surface area contributed by atoms with Crippen LogP contribution in [0.15, 0.2) is 72.8 Å². The molecule has 1 heterocycles. The number of nitrogens with one attached hydrogen (secondary N) is 1. The molecule has 2 amide bonds. The Balaban J connectivity index is 1.30. The molecule has 2 atom stereocenters. The molecule has 1 saturated carbocycles. The number of nitrogens with zero attached hydrogens (tertiary/aromatic N) is 1. The lowest BCUT2D eigenvalue weighted by atomic mass is 9.82. The fourth-order valence-corrected chi connectivity index (χ4v) is 6.39. The summed E-state index contributed by atoms with van der Waals surface area (Å²) in [5.74, 6) is -2.01. The number of fused-ring (bicyclic) bond motifs is 1. The first-order valence-corrected chi connectivity index (χ1v) is 16.3. The minimum atomic E-state index is -0.941. The maximum atomic E-state index is 13.9. The van der Waals surface area contributed by atoms with Crippen LogP contribution in [0.5, 0.6) is 0 Å². The molecule has 1 aliphatic heterocycles. The van der Waals surface area contributed by atoms with Crippen molar-refractivity contribution < 1.29 is 28.7 Å². The Bertz CT molecular complexity index is 1450. The summed E-state index contributed by atoms with van der Waals surface area (Å²) < 4.78 is 11.3. The molecule has 0 bridgehead atoms. The van der Waals surface area contributed by atoms with Gasteiger partial charge in [0.15, 0.2) is 5.78 Å². The number of ketones is 3. The van der Waals surface area contributed by atoms with Crippen molar-refractivity contribution in [3.8, 4) is 0 Å². The van der Waals surface area contributed by atoms with Gasteiger partial charge in [-0.05, 0) is 34.2 Å². The number of hydrogen-bond donors (Lipinski definition) is 1. The Labute approximate surface area is 265 Å². The second-order valence-corrected chi connectivity index (χ2v) is 12.4. The zero-order valence-corrected chi connectivity index (χ0v) is 26.0. The van der Waals surface area contributed by atoms with E-state index in [1.165, 1.54) is 6.42 Å². The van der Waals surface area contributed by atoms with Crippen LogP contribution in [-0.4, -0.2) is 67.2 Å². The zero-order valence-electron chi connectivity index (χ0n) is 26.0. The highest BCUT2D eigenvalue weighted by atomic mass is 16.5. The van der Waals surface area contributed by atoms with Gasteiger partial charge < -0.3 is 19.7 Å². The van der Waals surface area contributed by atoms with Crippen LogP contribution in [0.2, 0.25) is 0 Å². The standard InChI is InChI=1S/C37H44N2O6/c40-34(33(22-27-9-3-1-4-10-27)38-37(43)39-17-19-44-20-18-39)24-32(26-45-25-28-11-5-2-6-12-28)36(42)35(41)23-29-15-16-30-13-7-8-14-31(30)21-29/h2,5-8,11-16,21,27,32-33H,1,3-4,9-10,17-20,22-26H2,(H,38,43)/t32?,33-/m0/s1. The third-order valence-electron chi connectivity index (χ3n) is 8.98. The first-order chi connectivity index (χ1) is 22.0. The lowest BCUT2D eigenvalue weighted by Crippen LogP contribution is -2.52. The van der Waals surface area contributed by atoms with Crippen molar-refractivity contribution in [3.05, 3.63) is 83.9 Å². The maximum absolute atomic E-state index is 13.9. The van der Waals surface area contributed by atoms with Gasteiger partial charge in [-0.25, -0.2) is 4.79 Å². The number of Topliss-reactive ketones (excluding diaryl/α,β-unsaturated/α-hetero) is 3. The third kappa shape index (κ3) is 9.55. The number of hydrogen-bond acceptors (Lipinski definition) is 6. The zero-order chi connectivity index (χ0) is 31.4. The van der Waals surface area contributed by atoms with Gasteiger partial charge in [-0.3, -0.25) is 14.4 Å². The van der Waals surface area contributed by atoms with Crippen molar-refractivity contribution in [2.45, 2.75) is 64.0 Å². The number of morpholine rings is 1. The predicted molar refractivity (Wildman–Crippen MR) is 173 cm³/mol. The Morgan fingerprint density at radius 3 is 2.31 bits per heavy atom. The second-order valence-electron chi connectivity index (χ2n) is 12.4. The van der Waals surface area contributed by atoms with Crippen molar-refractivity contribution >= 4 is 34.2 Å². The Hall–Kier alpha value is -3.88. The number of urea groups is 1. The molecular formula is C37H44N2O6. The van der Waals surface area contributed by atoms with Crippen LogP contribution in [0.3, 0.4) is 0 Å². The van der Waals surface area contributed by atoms with Gasteiger partial charge in [-0.2, -0.15) is 0 Å². The van der Waals surface area contributed by atoms with Crippen molar-refractivity contribution in [1.29, 1.82) is 0 Å². The van der Waals surface area contributed by atoms with Crippen LogP contribution in [0.4, 0.5) is 4.79 Å². The van der Waals surface area contributed by atoms with Crippen LogP contribution < -0.4 is 5.32 Å². The molecule has 0 radical (unpaired) electrons. The van der Waals surface area contributed by atoms with E-state index in [0.717, 1.165) is 47.6 Å². The van der Waals surface area contributed by atoms with Crippen molar-refractivity contribution in [2.75, 3.05) is 32.9 Å². The van der Waals surface area contributed by atoms with Crippen LogP contribution in [-0.2, 0) is 36.9 Å². The molecule has 8 heteroatoms. The smallest absolute Gasteiger partial charge is 0.318 e. The maximum Gasteiger partial charge on any atom is 0.318 e. The van der Waals surface area contributed by atoms with Crippen LogP contribution in [0.1, 0.15) is 56.1 Å². The molecule has 8 nitrogen and oxygen atoms in total. The van der Waals surface area contributed by atoms with Gasteiger partial charge in [-0.15, -0.1) is 0 Å². The van der Waals surface area contributed by atoms with Gasteiger partial charge in [0.1, 0.15) is 0 Å². The van der Waals surface area contributed by atoms with Gasteiger partial charge in [-0.1, -0.05) is 105 Å². The number of benzene rings is 3. The molecule has 0 spiro atoms. The summed E-state index contributed by atoms with van der Waals surface area (Å²) in [6, 6.07) is 22.2.